The average Bonchev–Trinajstić information content (AvgIpc) is 2.67. The van der Waals surface area contributed by atoms with Crippen LogP contribution in [-0.2, 0) is 9.53 Å². The first kappa shape index (κ1) is 22.2. The summed E-state index contributed by atoms with van der Waals surface area (Å²) in [6.07, 6.45) is 1.59. The van der Waals surface area contributed by atoms with Crippen molar-refractivity contribution in [2.24, 2.45) is 0 Å². The molecular weight excluding hydrogens is 408 g/mol. The zero-order valence-electron chi connectivity index (χ0n) is 17.9. The number of piperidine rings is 1. The van der Waals surface area contributed by atoms with Crippen molar-refractivity contribution < 1.29 is 19.1 Å². The summed E-state index contributed by atoms with van der Waals surface area (Å²) >= 11 is 6.35. The number of imide groups is 1. The summed E-state index contributed by atoms with van der Waals surface area (Å²) in [5.41, 5.74) is 1.00. The van der Waals surface area contributed by atoms with Crippen molar-refractivity contribution in [2.45, 2.75) is 51.7 Å². The number of nitrogens with one attached hydrogen (secondary N) is 1. The Hall–Kier alpha value is -2.48. The fourth-order valence-corrected chi connectivity index (χ4v) is 3.91. The normalized spacial score (nSPS) is 18.3. The van der Waals surface area contributed by atoms with Gasteiger partial charge in [-0.05, 0) is 51.8 Å². The van der Waals surface area contributed by atoms with Crippen LogP contribution in [0.1, 0.15) is 40.0 Å². The molecule has 4 amide bonds. The summed E-state index contributed by atoms with van der Waals surface area (Å²) < 4.78 is 5.46. The summed E-state index contributed by atoms with van der Waals surface area (Å²) in [7, 11) is 2.00. The lowest BCUT2D eigenvalue weighted by Gasteiger charge is -2.38. The largest absolute Gasteiger partial charge is 0.444 e. The second kappa shape index (κ2) is 8.71. The van der Waals surface area contributed by atoms with E-state index in [0.717, 1.165) is 18.5 Å². The molecule has 0 aliphatic carbocycles. The predicted octanol–water partition coefficient (Wildman–Crippen LogP) is 3.62. The third-order valence-corrected chi connectivity index (χ3v) is 5.67. The molecule has 1 aromatic rings. The van der Waals surface area contributed by atoms with Crippen molar-refractivity contribution in [3.05, 3.63) is 23.2 Å². The van der Waals surface area contributed by atoms with Crippen molar-refractivity contribution in [1.29, 1.82) is 0 Å². The Morgan fingerprint density at radius 2 is 1.87 bits per heavy atom. The fraction of sp³-hybridized carbons (Fsp3) is 0.571. The van der Waals surface area contributed by atoms with Gasteiger partial charge in [-0.3, -0.25) is 15.0 Å². The van der Waals surface area contributed by atoms with Crippen molar-refractivity contribution in [1.82, 2.24) is 10.2 Å². The molecule has 1 aromatic carbocycles. The molecule has 0 saturated carbocycles. The number of hydrogen-bond acceptors (Lipinski definition) is 5. The molecule has 1 N–H and O–H groups in total. The average molecular weight is 437 g/mol. The van der Waals surface area contributed by atoms with Gasteiger partial charge >= 0.3 is 12.1 Å². The number of carbonyl (C=O) groups excluding carboxylic acids is 3. The molecule has 0 aromatic heterocycles. The maximum atomic E-state index is 12.3. The summed E-state index contributed by atoms with van der Waals surface area (Å²) in [4.78, 5) is 41.3. The van der Waals surface area contributed by atoms with E-state index in [2.05, 4.69) is 10.2 Å². The van der Waals surface area contributed by atoms with Crippen LogP contribution in [0.3, 0.4) is 0 Å². The Labute approximate surface area is 182 Å². The van der Waals surface area contributed by atoms with Crippen LogP contribution in [-0.4, -0.2) is 61.3 Å². The van der Waals surface area contributed by atoms with Crippen LogP contribution >= 0.6 is 11.6 Å². The van der Waals surface area contributed by atoms with Crippen molar-refractivity contribution in [3.8, 4) is 0 Å². The molecule has 2 aliphatic rings. The van der Waals surface area contributed by atoms with Gasteiger partial charge < -0.3 is 14.5 Å². The smallest absolute Gasteiger partial charge is 0.410 e. The van der Waals surface area contributed by atoms with Gasteiger partial charge in [-0.2, -0.15) is 0 Å². The summed E-state index contributed by atoms with van der Waals surface area (Å²) in [5, 5.41) is 2.78. The summed E-state index contributed by atoms with van der Waals surface area (Å²) in [5.74, 6) is -0.280. The van der Waals surface area contributed by atoms with Gasteiger partial charge in [0.1, 0.15) is 5.60 Å². The first-order chi connectivity index (χ1) is 14.0. The van der Waals surface area contributed by atoms with Crippen LogP contribution in [0.15, 0.2) is 18.2 Å². The number of rotatable bonds is 3. The minimum Gasteiger partial charge on any atom is -0.444 e. The highest BCUT2D eigenvalue weighted by atomic mass is 35.5. The van der Waals surface area contributed by atoms with E-state index in [4.69, 9.17) is 16.3 Å². The lowest BCUT2D eigenvalue weighted by Crippen LogP contribution is -2.49. The number of hydrogen-bond donors (Lipinski definition) is 1. The summed E-state index contributed by atoms with van der Waals surface area (Å²) in [6.45, 7) is 7.14. The third-order valence-electron chi connectivity index (χ3n) is 5.35. The first-order valence-electron chi connectivity index (χ1n) is 10.2. The van der Waals surface area contributed by atoms with E-state index < -0.39 is 11.6 Å². The lowest BCUT2D eigenvalue weighted by molar-refractivity contribution is -0.120. The van der Waals surface area contributed by atoms with Crippen LogP contribution in [0.2, 0.25) is 5.02 Å². The van der Waals surface area contributed by atoms with Gasteiger partial charge in [0.2, 0.25) is 5.91 Å². The highest BCUT2D eigenvalue weighted by Gasteiger charge is 2.30. The van der Waals surface area contributed by atoms with Crippen LogP contribution < -0.4 is 15.1 Å². The van der Waals surface area contributed by atoms with E-state index in [9.17, 15) is 14.4 Å². The van der Waals surface area contributed by atoms with Crippen LogP contribution in [0.25, 0.3) is 0 Å². The van der Waals surface area contributed by atoms with E-state index in [-0.39, 0.29) is 24.5 Å². The first-order valence-corrected chi connectivity index (χ1v) is 10.5. The van der Waals surface area contributed by atoms with Gasteiger partial charge in [0.05, 0.1) is 10.7 Å². The minimum absolute atomic E-state index is 0.241. The molecule has 8 nitrogen and oxygen atoms in total. The number of anilines is 2. The maximum absolute atomic E-state index is 12.3. The standard InChI is InChI=1S/C21H29ClN4O4/c1-21(2,3)30-20(29)25-10-7-14(8-11-25)24(4)15-5-6-16(22)17(13-15)26-12-9-18(27)23-19(26)28/h5-6,13-14H,7-12H2,1-4H3,(H,23,27,28). The van der Waals surface area contributed by atoms with Gasteiger partial charge in [0.25, 0.3) is 0 Å². The van der Waals surface area contributed by atoms with E-state index in [1.807, 2.05) is 40.0 Å². The second-order valence-electron chi connectivity index (χ2n) is 8.70. The number of benzene rings is 1. The van der Waals surface area contributed by atoms with Crippen LogP contribution in [0, 0.1) is 0 Å². The highest BCUT2D eigenvalue weighted by molar-refractivity contribution is 6.34. The Balaban J connectivity index is 1.66. The number of likely N-dealkylation sites (tertiary alicyclic amines) is 1. The molecule has 3 rings (SSSR count). The molecule has 2 saturated heterocycles. The van der Waals surface area contributed by atoms with Crippen LogP contribution in [0.4, 0.5) is 21.0 Å². The second-order valence-corrected chi connectivity index (χ2v) is 9.11. The van der Waals surface area contributed by atoms with Gasteiger partial charge in [0, 0.05) is 44.8 Å². The van der Waals surface area contributed by atoms with E-state index in [0.29, 0.717) is 30.3 Å². The number of nitrogens with zero attached hydrogens (tertiary/aromatic N) is 3. The van der Waals surface area contributed by atoms with E-state index in [1.54, 1.807) is 11.0 Å². The Morgan fingerprint density at radius 1 is 1.20 bits per heavy atom. The van der Waals surface area contributed by atoms with Gasteiger partial charge in [0.15, 0.2) is 0 Å². The predicted molar refractivity (Wildman–Crippen MR) is 116 cm³/mol. The maximum Gasteiger partial charge on any atom is 0.410 e. The van der Waals surface area contributed by atoms with Crippen molar-refractivity contribution >= 4 is 41.0 Å². The zero-order valence-corrected chi connectivity index (χ0v) is 18.7. The minimum atomic E-state index is -0.504. The number of urea groups is 1. The molecule has 2 heterocycles. The molecule has 0 spiro atoms. The van der Waals surface area contributed by atoms with Crippen molar-refractivity contribution in [3.63, 3.8) is 0 Å². The SMILES string of the molecule is CN(c1ccc(Cl)c(N2CCC(=O)NC2=O)c1)C1CCN(C(=O)OC(C)(C)C)CC1. The van der Waals surface area contributed by atoms with Crippen LogP contribution in [0.5, 0.6) is 0 Å². The van der Waals surface area contributed by atoms with E-state index >= 15 is 0 Å². The molecule has 9 heteroatoms. The number of halogens is 1. The third kappa shape index (κ3) is 5.16. The lowest BCUT2D eigenvalue weighted by atomic mass is 10.0. The molecule has 164 valence electrons. The van der Waals surface area contributed by atoms with Crippen molar-refractivity contribution in [2.75, 3.05) is 36.5 Å². The Bertz CT molecular complexity index is 831. The molecule has 0 atom stereocenters. The summed E-state index contributed by atoms with van der Waals surface area (Å²) in [6, 6.07) is 5.34. The van der Waals surface area contributed by atoms with Gasteiger partial charge in [-0.15, -0.1) is 0 Å². The topological polar surface area (TPSA) is 82.2 Å². The fourth-order valence-electron chi connectivity index (χ4n) is 3.69. The Morgan fingerprint density at radius 3 is 2.47 bits per heavy atom. The number of ether oxygens (including phenoxy) is 1. The molecule has 2 aliphatic heterocycles. The number of carbonyl (C=O) groups is 3. The van der Waals surface area contributed by atoms with E-state index in [1.165, 1.54) is 4.90 Å². The molecule has 0 bridgehead atoms. The molecule has 0 radical (unpaired) electrons. The molecule has 0 unspecified atom stereocenters. The van der Waals surface area contributed by atoms with Gasteiger partial charge in [-0.25, -0.2) is 9.59 Å². The van der Waals surface area contributed by atoms with Gasteiger partial charge in [-0.1, -0.05) is 11.6 Å². The number of amides is 4. The monoisotopic (exact) mass is 436 g/mol. The highest BCUT2D eigenvalue weighted by Crippen LogP contribution is 2.33. The quantitative estimate of drug-likeness (QED) is 0.782. The zero-order chi connectivity index (χ0) is 22.1. The molecule has 30 heavy (non-hydrogen) atoms. The molecular formula is C21H29ClN4O4. The Kier molecular flexibility index (Phi) is 6.45. The molecule has 2 fully saturated rings.